The van der Waals surface area contributed by atoms with Gasteiger partial charge in [-0.25, -0.2) is 0 Å². The molecule has 0 aromatic rings. The minimum absolute atomic E-state index is 0. The van der Waals surface area contributed by atoms with Crippen LogP contribution in [0.3, 0.4) is 0 Å². The van der Waals surface area contributed by atoms with E-state index in [0.29, 0.717) is 0 Å². The van der Waals surface area contributed by atoms with Crippen LogP contribution in [0.2, 0.25) is 0 Å². The Bertz CT molecular complexity index is 122. The second kappa shape index (κ2) is 7.52. The zero-order valence-corrected chi connectivity index (χ0v) is 6.89. The molecule has 0 heterocycles. The van der Waals surface area contributed by atoms with Crippen molar-refractivity contribution in [1.82, 2.24) is 0 Å². The van der Waals surface area contributed by atoms with E-state index >= 15 is 0 Å². The number of aliphatic carboxylic acids is 1. The van der Waals surface area contributed by atoms with Crippen molar-refractivity contribution >= 4 is 5.97 Å². The summed E-state index contributed by atoms with van der Waals surface area (Å²) >= 11 is 0. The van der Waals surface area contributed by atoms with Crippen molar-refractivity contribution in [2.24, 2.45) is 0 Å². The van der Waals surface area contributed by atoms with Gasteiger partial charge in [-0.1, -0.05) is 0 Å². The Kier molecular flexibility index (Phi) is 8.91. The molecule has 0 aliphatic carbocycles. The number of rotatable bonds is 5. The molecule has 0 aromatic carbocycles. The fraction of sp³-hybridized carbons (Fsp3) is 0.750. The van der Waals surface area contributed by atoms with Crippen LogP contribution in [0.25, 0.3) is 0 Å². The zero-order chi connectivity index (χ0) is 7.98. The average Bonchev–Trinajstić information content (AvgIpc) is 1.79. The SMILES string of the molecule is O=C([O-])CCCO[N+](=O)[O-].[Ag+]. The molecule has 7 heteroatoms. The predicted octanol–water partition coefficient (Wildman–Crippen LogP) is -1.28. The van der Waals surface area contributed by atoms with Gasteiger partial charge in [-0.2, -0.15) is 0 Å². The molecule has 0 rings (SSSR count). The molecule has 0 spiro atoms. The summed E-state index contributed by atoms with van der Waals surface area (Å²) in [6.07, 6.45) is -0.114. The fourth-order valence-corrected chi connectivity index (χ4v) is 0.356. The van der Waals surface area contributed by atoms with Gasteiger partial charge in [0.25, 0.3) is 5.09 Å². The third-order valence-corrected chi connectivity index (χ3v) is 0.722. The quantitative estimate of drug-likeness (QED) is 0.264. The van der Waals surface area contributed by atoms with Crippen LogP contribution >= 0.6 is 0 Å². The number of carboxylic acids is 1. The van der Waals surface area contributed by atoms with Crippen LogP contribution in [-0.4, -0.2) is 17.7 Å². The first-order valence-electron chi connectivity index (χ1n) is 2.60. The summed E-state index contributed by atoms with van der Waals surface area (Å²) in [6, 6.07) is 0. The maximum Gasteiger partial charge on any atom is 1.00 e. The second-order valence-corrected chi connectivity index (χ2v) is 1.53. The van der Waals surface area contributed by atoms with Crippen LogP contribution in [-0.2, 0) is 32.0 Å². The molecule has 0 atom stereocenters. The van der Waals surface area contributed by atoms with Gasteiger partial charge in [0.2, 0.25) is 0 Å². The number of hydrogen-bond donors (Lipinski definition) is 0. The summed E-state index contributed by atoms with van der Waals surface area (Å²) < 4.78 is 0. The van der Waals surface area contributed by atoms with E-state index in [1.807, 2.05) is 0 Å². The van der Waals surface area contributed by atoms with Crippen LogP contribution in [0.5, 0.6) is 0 Å². The minimum atomic E-state index is -1.23. The van der Waals surface area contributed by atoms with E-state index in [1.54, 1.807) is 0 Å². The van der Waals surface area contributed by atoms with Gasteiger partial charge < -0.3 is 14.7 Å². The fourth-order valence-electron chi connectivity index (χ4n) is 0.356. The molecule has 0 aliphatic rings. The standard InChI is InChI=1S/C4H7NO5.Ag/c6-4(7)2-1-3-10-5(8)9;/h1-3H2,(H,6,7);/q;+1/p-1. The molecule has 0 saturated heterocycles. The first-order valence-corrected chi connectivity index (χ1v) is 2.60. The van der Waals surface area contributed by atoms with E-state index in [1.165, 1.54) is 0 Å². The van der Waals surface area contributed by atoms with Gasteiger partial charge in [0, 0.05) is 5.97 Å². The number of hydrogen-bond acceptors (Lipinski definition) is 5. The van der Waals surface area contributed by atoms with Crippen molar-refractivity contribution in [3.8, 4) is 0 Å². The number of nitrogens with zero attached hydrogens (tertiary/aromatic N) is 1. The molecule has 11 heavy (non-hydrogen) atoms. The largest absolute Gasteiger partial charge is 1.00 e. The summed E-state index contributed by atoms with van der Waals surface area (Å²) in [4.78, 5) is 23.0. The van der Waals surface area contributed by atoms with Gasteiger partial charge in [0.05, 0.1) is 6.61 Å². The molecule has 0 saturated carbocycles. The van der Waals surface area contributed by atoms with Gasteiger partial charge in [-0.05, 0) is 12.8 Å². The van der Waals surface area contributed by atoms with Crippen molar-refractivity contribution in [2.45, 2.75) is 12.8 Å². The van der Waals surface area contributed by atoms with Crippen LogP contribution in [0.15, 0.2) is 0 Å². The third-order valence-electron chi connectivity index (χ3n) is 0.722. The molecular weight excluding hydrogens is 250 g/mol. The molecule has 0 amide bonds. The molecule has 6 nitrogen and oxygen atoms in total. The molecule has 0 aliphatic heterocycles. The molecule has 0 aromatic heterocycles. The van der Waals surface area contributed by atoms with Crippen molar-refractivity contribution < 1.29 is 42.2 Å². The van der Waals surface area contributed by atoms with E-state index in [0.717, 1.165) is 0 Å². The van der Waals surface area contributed by atoms with E-state index in [9.17, 15) is 20.0 Å². The van der Waals surface area contributed by atoms with Crippen molar-refractivity contribution in [2.75, 3.05) is 6.61 Å². The topological polar surface area (TPSA) is 92.5 Å². The first-order chi connectivity index (χ1) is 4.63. The number of carbonyl (C=O) groups excluding carboxylic acids is 1. The average molecular weight is 256 g/mol. The van der Waals surface area contributed by atoms with Gasteiger partial charge in [-0.3, -0.25) is 0 Å². The maximum absolute atomic E-state index is 9.71. The molecule has 68 valence electrons. The van der Waals surface area contributed by atoms with E-state index in [-0.39, 0.29) is 41.8 Å². The summed E-state index contributed by atoms with van der Waals surface area (Å²) in [6.45, 7) is -0.193. The molecule has 0 radical (unpaired) electrons. The third kappa shape index (κ3) is 12.6. The Balaban J connectivity index is 0. The Morgan fingerprint density at radius 1 is 1.55 bits per heavy atom. The minimum Gasteiger partial charge on any atom is -0.550 e. The summed E-state index contributed by atoms with van der Waals surface area (Å²) in [5.41, 5.74) is 0. The summed E-state index contributed by atoms with van der Waals surface area (Å²) in [7, 11) is 0. The van der Waals surface area contributed by atoms with Crippen LogP contribution in [0.4, 0.5) is 0 Å². The summed E-state index contributed by atoms with van der Waals surface area (Å²) in [5, 5.41) is 18.2. The van der Waals surface area contributed by atoms with Gasteiger partial charge in [-0.15, -0.1) is 10.1 Å². The maximum atomic E-state index is 9.71. The van der Waals surface area contributed by atoms with Gasteiger partial charge >= 0.3 is 22.4 Å². The molecular formula is C4H6AgNO5. The number of carbonyl (C=O) groups is 1. The van der Waals surface area contributed by atoms with Crippen LogP contribution < -0.4 is 5.11 Å². The van der Waals surface area contributed by atoms with Crippen molar-refractivity contribution in [1.29, 1.82) is 0 Å². The van der Waals surface area contributed by atoms with E-state index < -0.39 is 11.1 Å². The van der Waals surface area contributed by atoms with E-state index in [2.05, 4.69) is 4.84 Å². The number of carboxylic acid groups (broad SMARTS) is 1. The van der Waals surface area contributed by atoms with Crippen molar-refractivity contribution in [3.63, 3.8) is 0 Å². The summed E-state index contributed by atoms with van der Waals surface area (Å²) in [5.74, 6) is -1.23. The molecule has 0 bridgehead atoms. The Hall–Kier alpha value is -0.590. The Morgan fingerprint density at radius 2 is 2.09 bits per heavy atom. The van der Waals surface area contributed by atoms with Gasteiger partial charge in [0.15, 0.2) is 0 Å². The predicted molar refractivity (Wildman–Crippen MR) is 27.2 cm³/mol. The van der Waals surface area contributed by atoms with Crippen molar-refractivity contribution in [3.05, 3.63) is 10.1 Å². The van der Waals surface area contributed by atoms with E-state index in [4.69, 9.17) is 0 Å². The van der Waals surface area contributed by atoms with Gasteiger partial charge in [0.1, 0.15) is 0 Å². The zero-order valence-electron chi connectivity index (χ0n) is 5.41. The molecule has 0 fully saturated rings. The smallest absolute Gasteiger partial charge is 0.550 e. The Labute approximate surface area is 78.1 Å². The molecule has 0 unspecified atom stereocenters. The monoisotopic (exact) mass is 255 g/mol. The molecule has 0 N–H and O–H groups in total. The Morgan fingerprint density at radius 3 is 2.45 bits per heavy atom. The first kappa shape index (κ1) is 13.0. The van der Waals surface area contributed by atoms with Crippen LogP contribution in [0.1, 0.15) is 12.8 Å². The second-order valence-electron chi connectivity index (χ2n) is 1.53. The van der Waals surface area contributed by atoms with Crippen LogP contribution in [0, 0.1) is 10.1 Å². The normalized spacial score (nSPS) is 8.00.